The SMILES string of the molecule is C1=Cc2ccc3cccnc3c2[N-]C1.C1C[N-]C2C(C1)CCC1CCC[N-]C12.C1C[N-]C2C(C1)CCC1CCC[N-]C12.N#C[S-].[Nd+3]. The number of hydrogen-bond donors (Lipinski definition) is 0. The molecule has 1 aromatic carbocycles. The monoisotopic (exact) mass is 765 g/mol. The van der Waals surface area contributed by atoms with Gasteiger partial charge < -0.3 is 39.2 Å². The van der Waals surface area contributed by atoms with Crippen LogP contribution in [-0.2, 0) is 12.6 Å². The van der Waals surface area contributed by atoms with Crippen LogP contribution in [0.2, 0.25) is 0 Å². The fourth-order valence-corrected chi connectivity index (χ4v) is 9.09. The summed E-state index contributed by atoms with van der Waals surface area (Å²) in [7, 11) is 0. The van der Waals surface area contributed by atoms with Gasteiger partial charge in [0.25, 0.3) is 0 Å². The molecular formula is C37H49N7NdS-3. The van der Waals surface area contributed by atoms with Gasteiger partial charge >= 0.3 is 40.8 Å². The van der Waals surface area contributed by atoms with Crippen molar-refractivity contribution in [1.29, 1.82) is 5.26 Å². The van der Waals surface area contributed by atoms with Crippen molar-refractivity contribution in [3.63, 3.8) is 0 Å². The Morgan fingerprint density at radius 2 is 1.13 bits per heavy atom. The molecular weight excluding hydrogens is 719 g/mol. The molecule has 2 aliphatic carbocycles. The van der Waals surface area contributed by atoms with E-state index in [1.54, 1.807) is 0 Å². The van der Waals surface area contributed by atoms with Gasteiger partial charge in [-0.15, -0.1) is 68.7 Å². The third kappa shape index (κ3) is 8.99. The predicted molar refractivity (Wildman–Crippen MR) is 189 cm³/mol. The van der Waals surface area contributed by atoms with E-state index in [4.69, 9.17) is 26.5 Å². The van der Waals surface area contributed by atoms with Gasteiger partial charge in [0.1, 0.15) is 0 Å². The molecule has 4 saturated heterocycles. The molecule has 1 aromatic heterocycles. The molecule has 0 amide bonds. The Morgan fingerprint density at radius 1 is 0.674 bits per heavy atom. The normalized spacial score (nSPS) is 33.5. The molecule has 8 atom stereocenters. The van der Waals surface area contributed by atoms with Gasteiger partial charge in [-0.2, -0.15) is 0 Å². The largest absolute Gasteiger partial charge is 3.00 e. The van der Waals surface area contributed by atoms with Crippen LogP contribution >= 0.6 is 0 Å². The molecule has 6 fully saturated rings. The quantitative estimate of drug-likeness (QED) is 0.197. The molecule has 7 nitrogen and oxygen atoms in total. The number of thiocyanates is 1. The van der Waals surface area contributed by atoms with E-state index in [1.807, 2.05) is 12.3 Å². The van der Waals surface area contributed by atoms with Crippen LogP contribution in [0.3, 0.4) is 0 Å². The summed E-state index contributed by atoms with van der Waals surface area (Å²) in [4.78, 5) is 4.37. The zero-order valence-corrected chi connectivity index (χ0v) is 31.2. The van der Waals surface area contributed by atoms with Crippen molar-refractivity contribution in [1.82, 2.24) is 4.98 Å². The summed E-state index contributed by atoms with van der Waals surface area (Å²) in [5.41, 5.74) is 3.21. The molecule has 1 radical (unpaired) electrons. The van der Waals surface area contributed by atoms with E-state index in [0.29, 0.717) is 24.2 Å². The Bertz CT molecular complexity index is 1210. The molecule has 0 bridgehead atoms. The third-order valence-corrected chi connectivity index (χ3v) is 11.2. The van der Waals surface area contributed by atoms with Crippen molar-refractivity contribution >= 4 is 35.3 Å². The van der Waals surface area contributed by atoms with Crippen LogP contribution in [0.1, 0.15) is 82.6 Å². The summed E-state index contributed by atoms with van der Waals surface area (Å²) >= 11 is 3.70. The average Bonchev–Trinajstić information content (AvgIpc) is 3.12. The average molecular weight is 768 g/mol. The third-order valence-electron chi connectivity index (χ3n) is 11.2. The number of piperidine rings is 4. The second-order valence-electron chi connectivity index (χ2n) is 13.8. The van der Waals surface area contributed by atoms with E-state index in [9.17, 15) is 0 Å². The molecule has 8 unspecified atom stereocenters. The zero-order chi connectivity index (χ0) is 30.8. The number of nitrogens with zero attached hydrogens (tertiary/aromatic N) is 7. The number of rotatable bonds is 0. The van der Waals surface area contributed by atoms with E-state index in [0.717, 1.165) is 73.0 Å². The van der Waals surface area contributed by atoms with Crippen molar-refractivity contribution in [2.24, 2.45) is 23.7 Å². The first-order valence-electron chi connectivity index (χ1n) is 17.7. The Labute approximate surface area is 315 Å². The van der Waals surface area contributed by atoms with Crippen molar-refractivity contribution in [2.45, 2.75) is 101 Å². The molecule has 9 heteroatoms. The molecule has 9 rings (SSSR count). The van der Waals surface area contributed by atoms with E-state index in [1.165, 1.54) is 88.0 Å². The van der Waals surface area contributed by atoms with Crippen LogP contribution in [0.15, 0.2) is 36.5 Å². The van der Waals surface area contributed by atoms with Gasteiger partial charge in [-0.25, -0.2) is 5.26 Å². The van der Waals surface area contributed by atoms with Gasteiger partial charge in [0, 0.05) is 6.20 Å². The minimum Gasteiger partial charge on any atom is -0.696 e. The number of aromatic nitrogens is 1. The number of nitriles is 1. The Morgan fingerprint density at radius 3 is 1.59 bits per heavy atom. The smallest absolute Gasteiger partial charge is 0.696 e. The number of fused-ring (bicyclic) bond motifs is 9. The first kappa shape index (κ1) is 36.4. The molecule has 2 aromatic rings. The first-order valence-corrected chi connectivity index (χ1v) is 18.1. The van der Waals surface area contributed by atoms with Crippen LogP contribution in [0.25, 0.3) is 43.6 Å². The first-order chi connectivity index (χ1) is 22.3. The molecule has 5 aliphatic heterocycles. The fourth-order valence-electron chi connectivity index (χ4n) is 9.09. The topological polar surface area (TPSA) is 107 Å². The van der Waals surface area contributed by atoms with Gasteiger partial charge in [0.15, 0.2) is 0 Å². The summed E-state index contributed by atoms with van der Waals surface area (Å²) in [6, 6.07) is 10.7. The van der Waals surface area contributed by atoms with E-state index >= 15 is 0 Å². The standard InChI is InChI=1S/2C12H20N2.C12H9N2.CHNS.Nd/c3*1-3-9-5-6-10-4-2-8-14-12(10)11(9)13-7-1;2-1-3;/h2*9-12H,1-8H2;1-7H,8H2;3H;/q2*-2;-1;;+3/p-1. The van der Waals surface area contributed by atoms with Crippen LogP contribution < -0.4 is 0 Å². The van der Waals surface area contributed by atoms with Crippen molar-refractivity contribution < 1.29 is 40.8 Å². The molecule has 6 heterocycles. The van der Waals surface area contributed by atoms with E-state index in [2.05, 4.69) is 53.3 Å². The maximum Gasteiger partial charge on any atom is 3.00 e. The second kappa shape index (κ2) is 18.7. The summed E-state index contributed by atoms with van der Waals surface area (Å²) in [5.74, 6) is 3.58. The van der Waals surface area contributed by atoms with Crippen LogP contribution in [0.4, 0.5) is 5.69 Å². The predicted octanol–water partition coefficient (Wildman–Crippen LogP) is 9.45. The van der Waals surface area contributed by atoms with Crippen LogP contribution in [-0.4, -0.2) is 61.9 Å². The van der Waals surface area contributed by atoms with Crippen molar-refractivity contribution in [2.75, 3.05) is 32.7 Å². The van der Waals surface area contributed by atoms with Crippen molar-refractivity contribution in [3.05, 3.63) is 68.7 Å². The van der Waals surface area contributed by atoms with Gasteiger partial charge in [-0.3, -0.25) is 4.98 Å². The summed E-state index contributed by atoms with van der Waals surface area (Å²) < 4.78 is 0. The van der Waals surface area contributed by atoms with E-state index in [-0.39, 0.29) is 40.8 Å². The number of benzene rings is 1. The van der Waals surface area contributed by atoms with Crippen molar-refractivity contribution in [3.8, 4) is 5.40 Å². The summed E-state index contributed by atoms with van der Waals surface area (Å²) in [5, 5.41) is 33.5. The van der Waals surface area contributed by atoms with E-state index < -0.39 is 0 Å². The zero-order valence-electron chi connectivity index (χ0n) is 27.2. The Balaban J connectivity index is 0.000000129. The Kier molecular flexibility index (Phi) is 14.8. The minimum atomic E-state index is 0. The number of pyridine rings is 1. The molecule has 0 N–H and O–H groups in total. The van der Waals surface area contributed by atoms with Gasteiger partial charge in [-0.1, -0.05) is 130 Å². The van der Waals surface area contributed by atoms with Crippen LogP contribution in [0, 0.1) is 75.2 Å². The molecule has 7 aliphatic rings. The molecule has 46 heavy (non-hydrogen) atoms. The van der Waals surface area contributed by atoms with Crippen LogP contribution in [0.5, 0.6) is 0 Å². The maximum absolute atomic E-state index is 7.13. The second-order valence-corrected chi connectivity index (χ2v) is 13.9. The summed E-state index contributed by atoms with van der Waals surface area (Å²) in [6.07, 6.45) is 22.8. The molecule has 0 spiro atoms. The van der Waals surface area contributed by atoms with Gasteiger partial charge in [0.2, 0.25) is 0 Å². The fraction of sp³-hybridized carbons (Fsp3) is 0.676. The summed E-state index contributed by atoms with van der Waals surface area (Å²) in [6.45, 7) is 5.21. The van der Waals surface area contributed by atoms with Gasteiger partial charge in [-0.05, 0) is 17.0 Å². The molecule has 2 saturated carbocycles. The maximum atomic E-state index is 7.13. The number of hydrogen-bond acceptors (Lipinski definition) is 3. The van der Waals surface area contributed by atoms with Gasteiger partial charge in [0.05, 0.1) is 5.52 Å². The minimum absolute atomic E-state index is 0. The Hall–Kier alpha value is -0.929. The molecule has 245 valence electrons.